The molecule has 0 fully saturated rings. The highest BCUT2D eigenvalue weighted by molar-refractivity contribution is 5.99. The molecular weight excluding hydrogens is 284 g/mol. The molecule has 0 radical (unpaired) electrons. The zero-order chi connectivity index (χ0) is 16.5. The summed E-state index contributed by atoms with van der Waals surface area (Å²) in [6, 6.07) is 5.15. The van der Waals surface area contributed by atoms with Crippen LogP contribution in [-0.2, 0) is 4.79 Å². The molecule has 1 aromatic carbocycles. The summed E-state index contributed by atoms with van der Waals surface area (Å²) in [5, 5.41) is 0. The van der Waals surface area contributed by atoms with Crippen LogP contribution >= 0.6 is 0 Å². The number of hydrogen-bond donors (Lipinski definition) is 0. The van der Waals surface area contributed by atoms with Crippen LogP contribution in [0.15, 0.2) is 18.2 Å². The molecule has 0 aliphatic heterocycles. The topological polar surface area (TPSA) is 70.4 Å². The van der Waals surface area contributed by atoms with Crippen LogP contribution < -0.4 is 9.57 Å². The molecule has 0 aliphatic rings. The summed E-state index contributed by atoms with van der Waals surface area (Å²) < 4.78 is 6.38. The molecule has 2 aromatic rings. The first-order valence-electron chi connectivity index (χ1n) is 7.10. The van der Waals surface area contributed by atoms with Crippen molar-refractivity contribution in [2.24, 2.45) is 5.41 Å². The Bertz CT molecular complexity index is 726. The molecule has 0 spiro atoms. The monoisotopic (exact) mass is 304 g/mol. The van der Waals surface area contributed by atoms with Gasteiger partial charge in [0.15, 0.2) is 0 Å². The number of Topliss-reactive ketones (excluding diaryl/α,β-unsaturated/α-hetero) is 1. The van der Waals surface area contributed by atoms with Crippen LogP contribution in [-0.4, -0.2) is 28.6 Å². The molecule has 1 aromatic heterocycles. The summed E-state index contributed by atoms with van der Waals surface area (Å²) in [5.41, 5.74) is 0.452. The van der Waals surface area contributed by atoms with Crippen molar-refractivity contribution in [3.8, 4) is 5.75 Å². The van der Waals surface area contributed by atoms with Crippen LogP contribution in [0.4, 0.5) is 0 Å². The van der Waals surface area contributed by atoms with E-state index < -0.39 is 11.4 Å². The van der Waals surface area contributed by atoms with Crippen molar-refractivity contribution in [1.82, 2.24) is 9.71 Å². The normalized spacial score (nSPS) is 11.5. The lowest BCUT2D eigenvalue weighted by Gasteiger charge is -2.16. The number of carbonyl (C=O) groups excluding carboxylic acids is 2. The van der Waals surface area contributed by atoms with E-state index in [1.807, 2.05) is 0 Å². The van der Waals surface area contributed by atoms with Gasteiger partial charge in [-0.2, -0.15) is 0 Å². The Morgan fingerprint density at radius 1 is 1.27 bits per heavy atom. The fourth-order valence-electron chi connectivity index (χ4n) is 1.90. The Morgan fingerprint density at radius 3 is 2.50 bits per heavy atom. The number of benzene rings is 1. The predicted octanol–water partition coefficient (Wildman–Crippen LogP) is 2.64. The van der Waals surface area contributed by atoms with Crippen LogP contribution in [0.5, 0.6) is 5.75 Å². The SMILES string of the molecule is CCC(=O)On1c(C(=O)C(C)(C)C)nc2ccc(OC)cc21. The summed E-state index contributed by atoms with van der Waals surface area (Å²) in [6.07, 6.45) is 0.201. The number of rotatable bonds is 4. The second-order valence-corrected chi connectivity index (χ2v) is 5.98. The van der Waals surface area contributed by atoms with Crippen LogP contribution in [0.25, 0.3) is 11.0 Å². The third kappa shape index (κ3) is 2.95. The third-order valence-corrected chi connectivity index (χ3v) is 3.19. The van der Waals surface area contributed by atoms with Gasteiger partial charge in [-0.25, -0.2) is 9.78 Å². The quantitative estimate of drug-likeness (QED) is 0.812. The van der Waals surface area contributed by atoms with Crippen molar-refractivity contribution in [3.05, 3.63) is 24.0 Å². The maximum Gasteiger partial charge on any atom is 0.332 e. The number of fused-ring (bicyclic) bond motifs is 1. The molecule has 6 heteroatoms. The molecule has 1 heterocycles. The van der Waals surface area contributed by atoms with E-state index in [4.69, 9.17) is 9.57 Å². The van der Waals surface area contributed by atoms with E-state index in [2.05, 4.69) is 4.98 Å². The van der Waals surface area contributed by atoms with E-state index >= 15 is 0 Å². The standard InChI is InChI=1S/C16H20N2O4/c1-6-13(19)22-18-12-9-10(21-5)7-8-11(12)17-15(18)14(20)16(2,3)4/h7-9H,6H2,1-5H3. The molecule has 0 atom stereocenters. The minimum atomic E-state index is -0.637. The smallest absolute Gasteiger partial charge is 0.332 e. The highest BCUT2D eigenvalue weighted by atomic mass is 16.7. The van der Waals surface area contributed by atoms with Gasteiger partial charge in [-0.3, -0.25) is 4.79 Å². The molecule has 0 amide bonds. The molecule has 6 nitrogen and oxygen atoms in total. The minimum Gasteiger partial charge on any atom is -0.497 e. The van der Waals surface area contributed by atoms with E-state index in [-0.39, 0.29) is 18.0 Å². The fourth-order valence-corrected chi connectivity index (χ4v) is 1.90. The molecule has 0 bridgehead atoms. The van der Waals surface area contributed by atoms with E-state index in [0.717, 1.165) is 0 Å². The first kappa shape index (κ1) is 16.0. The largest absolute Gasteiger partial charge is 0.497 e. The molecule has 0 saturated carbocycles. The summed E-state index contributed by atoms with van der Waals surface area (Å²) in [6.45, 7) is 7.07. The van der Waals surface area contributed by atoms with Crippen LogP contribution in [0, 0.1) is 5.41 Å². The second kappa shape index (κ2) is 5.79. The van der Waals surface area contributed by atoms with Crippen molar-refractivity contribution in [1.29, 1.82) is 0 Å². The van der Waals surface area contributed by atoms with Gasteiger partial charge in [0, 0.05) is 17.9 Å². The van der Waals surface area contributed by atoms with Gasteiger partial charge in [0.2, 0.25) is 11.6 Å². The Morgan fingerprint density at radius 2 is 1.95 bits per heavy atom. The number of nitrogens with zero attached hydrogens (tertiary/aromatic N) is 2. The van der Waals surface area contributed by atoms with Gasteiger partial charge in [-0.15, -0.1) is 4.73 Å². The van der Waals surface area contributed by atoms with Crippen molar-refractivity contribution < 1.29 is 19.2 Å². The van der Waals surface area contributed by atoms with Crippen molar-refractivity contribution in [2.45, 2.75) is 34.1 Å². The average molecular weight is 304 g/mol. The predicted molar refractivity (Wildman–Crippen MR) is 81.9 cm³/mol. The lowest BCUT2D eigenvalue weighted by Crippen LogP contribution is -2.28. The van der Waals surface area contributed by atoms with Gasteiger partial charge in [0.25, 0.3) is 0 Å². The van der Waals surface area contributed by atoms with Gasteiger partial charge in [-0.1, -0.05) is 27.7 Å². The van der Waals surface area contributed by atoms with Crippen LogP contribution in [0.3, 0.4) is 0 Å². The van der Waals surface area contributed by atoms with Gasteiger partial charge < -0.3 is 9.57 Å². The Hall–Kier alpha value is -2.37. The average Bonchev–Trinajstić information content (AvgIpc) is 2.82. The lowest BCUT2D eigenvalue weighted by molar-refractivity contribution is -0.143. The van der Waals surface area contributed by atoms with Gasteiger partial charge >= 0.3 is 5.97 Å². The number of methoxy groups -OCH3 is 1. The summed E-state index contributed by atoms with van der Waals surface area (Å²) in [4.78, 5) is 33.9. The number of carbonyl (C=O) groups is 2. The van der Waals surface area contributed by atoms with E-state index in [9.17, 15) is 9.59 Å². The van der Waals surface area contributed by atoms with Crippen molar-refractivity contribution >= 4 is 22.8 Å². The second-order valence-electron chi connectivity index (χ2n) is 5.98. The Balaban J connectivity index is 2.66. The maximum atomic E-state index is 12.6. The number of hydrogen-bond acceptors (Lipinski definition) is 5. The number of ether oxygens (including phenoxy) is 1. The van der Waals surface area contributed by atoms with E-state index in [0.29, 0.717) is 16.8 Å². The molecule has 0 aliphatic carbocycles. The van der Waals surface area contributed by atoms with Crippen molar-refractivity contribution in [3.63, 3.8) is 0 Å². The number of imidazole rings is 1. The molecule has 0 saturated heterocycles. The van der Waals surface area contributed by atoms with Crippen LogP contribution in [0.2, 0.25) is 0 Å². The Labute approximate surface area is 129 Å². The van der Waals surface area contributed by atoms with Gasteiger partial charge in [0.1, 0.15) is 11.3 Å². The van der Waals surface area contributed by atoms with Gasteiger partial charge in [-0.05, 0) is 12.1 Å². The molecule has 0 unspecified atom stereocenters. The number of aromatic nitrogens is 2. The number of ketones is 1. The third-order valence-electron chi connectivity index (χ3n) is 3.19. The first-order chi connectivity index (χ1) is 10.3. The van der Waals surface area contributed by atoms with Gasteiger partial charge in [0.05, 0.1) is 12.6 Å². The molecule has 0 N–H and O–H groups in total. The zero-order valence-electron chi connectivity index (χ0n) is 13.5. The molecule has 22 heavy (non-hydrogen) atoms. The Kier molecular flexibility index (Phi) is 4.21. The maximum absolute atomic E-state index is 12.6. The fraction of sp³-hybridized carbons (Fsp3) is 0.438. The highest BCUT2D eigenvalue weighted by Crippen LogP contribution is 2.26. The first-order valence-corrected chi connectivity index (χ1v) is 7.10. The summed E-state index contributed by atoms with van der Waals surface area (Å²) in [7, 11) is 1.54. The molecular formula is C16H20N2O4. The summed E-state index contributed by atoms with van der Waals surface area (Å²) >= 11 is 0. The van der Waals surface area contributed by atoms with E-state index in [1.165, 1.54) is 4.73 Å². The van der Waals surface area contributed by atoms with Crippen molar-refractivity contribution in [2.75, 3.05) is 7.11 Å². The lowest BCUT2D eigenvalue weighted by atomic mass is 9.90. The molecule has 2 rings (SSSR count). The molecule has 118 valence electrons. The zero-order valence-corrected chi connectivity index (χ0v) is 13.5. The summed E-state index contributed by atoms with van der Waals surface area (Å²) in [5.74, 6) is 0.0603. The minimum absolute atomic E-state index is 0.109. The van der Waals surface area contributed by atoms with Crippen LogP contribution in [0.1, 0.15) is 44.7 Å². The van der Waals surface area contributed by atoms with E-state index in [1.54, 1.807) is 53.0 Å². The highest BCUT2D eigenvalue weighted by Gasteiger charge is 2.30.